The van der Waals surface area contributed by atoms with Crippen molar-refractivity contribution in [2.24, 2.45) is 0 Å². The highest BCUT2D eigenvalue weighted by Gasteiger charge is 2.20. The normalized spacial score (nSPS) is 12.4. The number of rotatable bonds is 8. The summed E-state index contributed by atoms with van der Waals surface area (Å²) in [5, 5.41) is 6.07. The lowest BCUT2D eigenvalue weighted by atomic mass is 10.2. The summed E-state index contributed by atoms with van der Waals surface area (Å²) in [6.45, 7) is 6.70. The largest absolute Gasteiger partial charge is 0.383 e. The van der Waals surface area contributed by atoms with Gasteiger partial charge >= 0.3 is 0 Å². The molecular weight excluding hydrogens is 410 g/mol. The Labute approximate surface area is 185 Å². The van der Waals surface area contributed by atoms with Crippen LogP contribution in [0.4, 0.5) is 0 Å². The molecule has 0 aliphatic rings. The molecule has 31 heavy (non-hydrogen) atoms. The highest BCUT2D eigenvalue weighted by atomic mass is 32.2. The van der Waals surface area contributed by atoms with Crippen LogP contribution in [0.1, 0.15) is 34.7 Å². The topological polar surface area (TPSA) is 74.8 Å². The van der Waals surface area contributed by atoms with Gasteiger partial charge in [-0.1, -0.05) is 30.0 Å². The van der Waals surface area contributed by atoms with Crippen LogP contribution < -0.4 is 0 Å². The van der Waals surface area contributed by atoms with E-state index in [0.29, 0.717) is 12.4 Å². The highest BCUT2D eigenvalue weighted by molar-refractivity contribution is 8.00. The Morgan fingerprint density at radius 1 is 1.19 bits per heavy atom. The molecule has 0 radical (unpaired) electrons. The molecule has 0 bridgehead atoms. The van der Waals surface area contributed by atoms with Gasteiger partial charge in [-0.2, -0.15) is 5.10 Å². The van der Waals surface area contributed by atoms with E-state index in [1.54, 1.807) is 18.0 Å². The predicted octanol–water partition coefficient (Wildman–Crippen LogP) is 4.42. The third kappa shape index (κ3) is 4.13. The molecule has 0 saturated heterocycles. The van der Waals surface area contributed by atoms with E-state index in [0.717, 1.165) is 38.7 Å². The molecule has 0 aliphatic carbocycles. The first-order valence-corrected chi connectivity index (χ1v) is 11.1. The maximum atomic E-state index is 13.0. The number of carbonyl (C=O) groups excluding carboxylic acids is 1. The van der Waals surface area contributed by atoms with Gasteiger partial charge in [-0.05, 0) is 39.0 Å². The summed E-state index contributed by atoms with van der Waals surface area (Å²) in [7, 11) is 1.69. The van der Waals surface area contributed by atoms with Gasteiger partial charge in [0.1, 0.15) is 11.4 Å². The number of nitrogens with zero attached hydrogens (tertiary/aromatic N) is 5. The van der Waals surface area contributed by atoms with Crippen molar-refractivity contribution in [3.05, 3.63) is 65.9 Å². The van der Waals surface area contributed by atoms with E-state index in [1.807, 2.05) is 50.2 Å². The van der Waals surface area contributed by atoms with E-state index in [9.17, 15) is 4.79 Å². The van der Waals surface area contributed by atoms with Crippen LogP contribution >= 0.6 is 11.8 Å². The molecule has 0 aliphatic heterocycles. The van der Waals surface area contributed by atoms with E-state index in [4.69, 9.17) is 4.74 Å². The number of thioether (sulfide) groups is 1. The Kier molecular flexibility index (Phi) is 6.20. The minimum absolute atomic E-state index is 0.0798. The molecule has 7 nitrogen and oxygen atoms in total. The lowest BCUT2D eigenvalue weighted by Gasteiger charge is -2.17. The Bertz CT molecular complexity index is 1220. The molecular formula is C23H25N5O2S. The van der Waals surface area contributed by atoms with Crippen LogP contribution in [-0.2, 0) is 4.74 Å². The number of ketones is 1. The Balaban J connectivity index is 1.56. The number of ether oxygens (including phenoxy) is 1. The number of para-hydroxylation sites is 1. The number of aryl methyl sites for hydroxylation is 1. The Hall–Kier alpha value is -2.97. The van der Waals surface area contributed by atoms with Crippen LogP contribution in [0.2, 0.25) is 0 Å². The zero-order chi connectivity index (χ0) is 22.0. The molecule has 0 N–H and O–H groups in total. The van der Waals surface area contributed by atoms with Crippen molar-refractivity contribution in [2.45, 2.75) is 31.8 Å². The molecule has 4 rings (SSSR count). The zero-order valence-corrected chi connectivity index (χ0v) is 18.9. The predicted molar refractivity (Wildman–Crippen MR) is 122 cm³/mol. The molecule has 3 aromatic heterocycles. The van der Waals surface area contributed by atoms with Crippen LogP contribution in [-0.4, -0.2) is 49.6 Å². The van der Waals surface area contributed by atoms with Gasteiger partial charge in [0.2, 0.25) is 0 Å². The third-order valence-electron chi connectivity index (χ3n) is 5.30. The number of methoxy groups -OCH3 is 1. The average molecular weight is 436 g/mol. The lowest BCUT2D eigenvalue weighted by Crippen LogP contribution is -2.14. The van der Waals surface area contributed by atoms with Crippen molar-refractivity contribution >= 4 is 28.6 Å². The first-order valence-electron chi connectivity index (χ1n) is 10.1. The van der Waals surface area contributed by atoms with Crippen molar-refractivity contribution in [1.82, 2.24) is 24.3 Å². The number of hydrogen-bond acceptors (Lipinski definition) is 6. The second-order valence-corrected chi connectivity index (χ2v) is 8.44. The molecule has 1 atom stereocenters. The highest BCUT2D eigenvalue weighted by Crippen LogP contribution is 2.28. The lowest BCUT2D eigenvalue weighted by molar-refractivity contribution is 0.102. The minimum atomic E-state index is 0.0798. The van der Waals surface area contributed by atoms with Gasteiger partial charge in [0.05, 0.1) is 35.7 Å². The summed E-state index contributed by atoms with van der Waals surface area (Å²) >= 11 is 1.42. The fourth-order valence-corrected chi connectivity index (χ4v) is 4.81. The quantitative estimate of drug-likeness (QED) is 0.232. The summed E-state index contributed by atoms with van der Waals surface area (Å²) in [6.07, 6.45) is 3.28. The molecule has 160 valence electrons. The van der Waals surface area contributed by atoms with E-state index in [2.05, 4.69) is 26.6 Å². The number of carbonyl (C=O) groups is 1. The van der Waals surface area contributed by atoms with E-state index in [-0.39, 0.29) is 11.8 Å². The van der Waals surface area contributed by atoms with Gasteiger partial charge < -0.3 is 9.30 Å². The van der Waals surface area contributed by atoms with Gasteiger partial charge in [0.15, 0.2) is 11.4 Å². The van der Waals surface area contributed by atoms with Crippen molar-refractivity contribution in [3.8, 4) is 5.69 Å². The maximum Gasteiger partial charge on any atom is 0.174 e. The summed E-state index contributed by atoms with van der Waals surface area (Å²) in [5.74, 6) is 0.377. The van der Waals surface area contributed by atoms with Gasteiger partial charge in [0, 0.05) is 24.1 Å². The summed E-state index contributed by atoms with van der Waals surface area (Å²) in [6, 6.07) is 12.0. The number of hydrogen-bond donors (Lipinski definition) is 0. The summed E-state index contributed by atoms with van der Waals surface area (Å²) < 4.78 is 9.23. The average Bonchev–Trinajstić information content (AvgIpc) is 3.33. The van der Waals surface area contributed by atoms with Crippen molar-refractivity contribution in [2.75, 3.05) is 19.5 Å². The van der Waals surface area contributed by atoms with Crippen molar-refractivity contribution in [3.63, 3.8) is 0 Å². The molecule has 0 saturated carbocycles. The Morgan fingerprint density at radius 3 is 2.71 bits per heavy atom. The summed E-state index contributed by atoms with van der Waals surface area (Å²) in [5.41, 5.74) is 4.43. The van der Waals surface area contributed by atoms with Crippen molar-refractivity contribution < 1.29 is 9.53 Å². The smallest absolute Gasteiger partial charge is 0.174 e. The molecule has 0 fully saturated rings. The van der Waals surface area contributed by atoms with Crippen LogP contribution in [0.15, 0.2) is 53.9 Å². The molecule has 0 amide bonds. The van der Waals surface area contributed by atoms with Crippen LogP contribution in [0.3, 0.4) is 0 Å². The second kappa shape index (κ2) is 9.03. The first kappa shape index (κ1) is 21.3. The second-order valence-electron chi connectivity index (χ2n) is 7.48. The van der Waals surface area contributed by atoms with Gasteiger partial charge in [-0.15, -0.1) is 0 Å². The third-order valence-corrected chi connectivity index (χ3v) is 6.31. The standard InChI is InChI=1S/C23H25N5O2S/c1-15-10-19(17(3)27(15)16(2)12-30-4)21(29)13-31-23-20-11-26-28(22(20)24-14-25-23)18-8-6-5-7-9-18/h5-11,14,16H,12-13H2,1-4H3/t16-/m0/s1. The maximum absolute atomic E-state index is 13.0. The fourth-order valence-electron chi connectivity index (χ4n) is 3.96. The van der Waals surface area contributed by atoms with E-state index >= 15 is 0 Å². The molecule has 0 spiro atoms. The molecule has 1 aromatic carbocycles. The van der Waals surface area contributed by atoms with Gasteiger partial charge in [-0.25, -0.2) is 14.6 Å². The molecule has 3 heterocycles. The number of benzene rings is 1. The Morgan fingerprint density at radius 2 is 1.97 bits per heavy atom. The number of aromatic nitrogens is 5. The van der Waals surface area contributed by atoms with Crippen LogP contribution in [0, 0.1) is 13.8 Å². The molecule has 4 aromatic rings. The van der Waals surface area contributed by atoms with Crippen molar-refractivity contribution in [1.29, 1.82) is 0 Å². The number of fused-ring (bicyclic) bond motifs is 1. The first-order chi connectivity index (χ1) is 15.0. The SMILES string of the molecule is COC[C@H](C)n1c(C)cc(C(=O)CSc2ncnc3c2cnn3-c2ccccc2)c1C. The van der Waals surface area contributed by atoms with Gasteiger partial charge in [-0.3, -0.25) is 4.79 Å². The van der Waals surface area contributed by atoms with Crippen LogP contribution in [0.5, 0.6) is 0 Å². The van der Waals surface area contributed by atoms with E-state index in [1.165, 1.54) is 18.1 Å². The van der Waals surface area contributed by atoms with Crippen LogP contribution in [0.25, 0.3) is 16.7 Å². The fraction of sp³-hybridized carbons (Fsp3) is 0.304. The zero-order valence-electron chi connectivity index (χ0n) is 18.1. The van der Waals surface area contributed by atoms with E-state index < -0.39 is 0 Å². The number of Topliss-reactive ketones (excluding diaryl/α,β-unsaturated/α-hetero) is 1. The monoisotopic (exact) mass is 435 g/mol. The van der Waals surface area contributed by atoms with Gasteiger partial charge in [0.25, 0.3) is 0 Å². The minimum Gasteiger partial charge on any atom is -0.383 e. The molecule has 0 unspecified atom stereocenters. The summed E-state index contributed by atoms with van der Waals surface area (Å²) in [4.78, 5) is 21.8. The molecule has 8 heteroatoms.